The summed E-state index contributed by atoms with van der Waals surface area (Å²) in [5.41, 5.74) is 12.2. The third-order valence-electron chi connectivity index (χ3n) is 10.5. The van der Waals surface area contributed by atoms with Gasteiger partial charge >= 0.3 is 0 Å². The van der Waals surface area contributed by atoms with Crippen LogP contribution in [0.25, 0.3) is 97.4 Å². The van der Waals surface area contributed by atoms with Crippen LogP contribution in [0.5, 0.6) is 0 Å². The number of para-hydroxylation sites is 2. The van der Waals surface area contributed by atoms with E-state index in [4.69, 9.17) is 0 Å². The van der Waals surface area contributed by atoms with Crippen molar-refractivity contribution in [1.82, 2.24) is 9.13 Å². The van der Waals surface area contributed by atoms with E-state index < -0.39 is 0 Å². The summed E-state index contributed by atoms with van der Waals surface area (Å²) >= 11 is 1.92. The van der Waals surface area contributed by atoms with Crippen LogP contribution in [0.3, 0.4) is 0 Å². The second kappa shape index (κ2) is 11.0. The van der Waals surface area contributed by atoms with E-state index in [1.54, 1.807) is 0 Å². The lowest BCUT2D eigenvalue weighted by Crippen LogP contribution is -1.95. The second-order valence-corrected chi connectivity index (χ2v) is 14.4. The van der Waals surface area contributed by atoms with Crippen LogP contribution in [0.1, 0.15) is 0 Å². The molecule has 0 aliphatic heterocycles. The Morgan fingerprint density at radius 2 is 0.941 bits per heavy atom. The van der Waals surface area contributed by atoms with Gasteiger partial charge in [-0.15, -0.1) is 11.3 Å². The van der Waals surface area contributed by atoms with Crippen LogP contribution < -0.4 is 0 Å². The highest BCUT2D eigenvalue weighted by atomic mass is 32.1. The van der Waals surface area contributed by atoms with Crippen molar-refractivity contribution in [3.8, 4) is 33.6 Å². The van der Waals surface area contributed by atoms with Crippen LogP contribution in [-0.4, -0.2) is 9.13 Å². The number of aromatic nitrogens is 2. The van der Waals surface area contributed by atoms with Gasteiger partial charge in [-0.05, 0) is 70.8 Å². The maximum Gasteiger partial charge on any atom is 0.0634 e. The summed E-state index contributed by atoms with van der Waals surface area (Å²) in [5, 5.41) is 7.78. The van der Waals surface area contributed by atoms with Gasteiger partial charge in [-0.25, -0.2) is 0 Å². The molecule has 2 nitrogen and oxygen atoms in total. The summed E-state index contributed by atoms with van der Waals surface area (Å²) < 4.78 is 7.57. The first-order valence-corrected chi connectivity index (χ1v) is 18.3. The highest BCUT2D eigenvalue weighted by Crippen LogP contribution is 2.47. The van der Waals surface area contributed by atoms with E-state index in [1.807, 2.05) is 11.3 Å². The Kier molecular flexibility index (Phi) is 6.16. The van der Waals surface area contributed by atoms with E-state index >= 15 is 0 Å². The van der Waals surface area contributed by atoms with E-state index in [-0.39, 0.29) is 0 Å². The molecular formula is C48H30N2S. The van der Waals surface area contributed by atoms with Gasteiger partial charge in [-0.2, -0.15) is 0 Å². The van der Waals surface area contributed by atoms with Crippen LogP contribution in [0.4, 0.5) is 0 Å². The molecule has 0 aliphatic rings. The first-order chi connectivity index (χ1) is 25.3. The number of fused-ring (bicyclic) bond motifs is 11. The zero-order chi connectivity index (χ0) is 33.5. The lowest BCUT2D eigenvalue weighted by Gasteiger charge is -2.11. The fraction of sp³-hybridized carbons (Fsp3) is 0. The summed E-state index contributed by atoms with van der Waals surface area (Å²) in [6.07, 6.45) is 0. The fourth-order valence-electron chi connectivity index (χ4n) is 8.26. The molecule has 3 heterocycles. The molecule has 3 heteroatoms. The van der Waals surface area contributed by atoms with Gasteiger partial charge in [0.2, 0.25) is 0 Å². The van der Waals surface area contributed by atoms with Crippen LogP contribution >= 0.6 is 11.3 Å². The second-order valence-electron chi connectivity index (χ2n) is 13.3. The Morgan fingerprint density at radius 3 is 1.71 bits per heavy atom. The molecular weight excluding hydrogens is 637 g/mol. The molecule has 0 atom stereocenters. The van der Waals surface area contributed by atoms with Crippen molar-refractivity contribution >= 4 is 75.1 Å². The van der Waals surface area contributed by atoms with E-state index in [1.165, 1.54) is 97.4 Å². The Labute approximate surface area is 298 Å². The average molecular weight is 667 g/mol. The molecule has 0 bridgehead atoms. The van der Waals surface area contributed by atoms with E-state index in [2.05, 4.69) is 191 Å². The SMILES string of the molecule is c1ccc(-c2ccc(-n3c4ccccc4c4c5sc6ccc7c8ccccc8n(-c8cccc(-c9ccccc9)c8)c7c6c5ccc43)cc2)cc1. The molecule has 0 saturated heterocycles. The summed E-state index contributed by atoms with van der Waals surface area (Å²) in [4.78, 5) is 0. The molecule has 0 fully saturated rings. The molecule has 0 unspecified atom stereocenters. The molecule has 8 aromatic carbocycles. The van der Waals surface area contributed by atoms with Crippen LogP contribution in [0.2, 0.25) is 0 Å². The first kappa shape index (κ1) is 28.4. The van der Waals surface area contributed by atoms with Gasteiger partial charge in [0, 0.05) is 53.1 Å². The van der Waals surface area contributed by atoms with Gasteiger partial charge in [0.05, 0.1) is 22.1 Å². The summed E-state index contributed by atoms with van der Waals surface area (Å²) in [6.45, 7) is 0. The third-order valence-corrected chi connectivity index (χ3v) is 11.7. The normalized spacial score (nSPS) is 11.9. The molecule has 0 saturated carbocycles. The number of rotatable bonds is 4. The lowest BCUT2D eigenvalue weighted by molar-refractivity contribution is 1.18. The van der Waals surface area contributed by atoms with Crippen molar-refractivity contribution in [3.63, 3.8) is 0 Å². The number of thiophene rings is 1. The van der Waals surface area contributed by atoms with Gasteiger partial charge in [0.1, 0.15) is 0 Å². The number of nitrogens with zero attached hydrogens (tertiary/aromatic N) is 2. The Hall–Kier alpha value is -6.42. The average Bonchev–Trinajstić information content (AvgIpc) is 3.86. The molecule has 51 heavy (non-hydrogen) atoms. The third kappa shape index (κ3) is 4.22. The zero-order valence-electron chi connectivity index (χ0n) is 27.6. The van der Waals surface area contributed by atoms with Gasteiger partial charge in [-0.3, -0.25) is 0 Å². The quantitative estimate of drug-likeness (QED) is 0.177. The fourth-order valence-corrected chi connectivity index (χ4v) is 9.52. The summed E-state index contributed by atoms with van der Waals surface area (Å²) in [6, 6.07) is 66.4. The van der Waals surface area contributed by atoms with Crippen molar-refractivity contribution in [3.05, 3.63) is 182 Å². The van der Waals surface area contributed by atoms with E-state index in [0.717, 1.165) is 0 Å². The molecule has 238 valence electrons. The number of hydrogen-bond acceptors (Lipinski definition) is 1. The van der Waals surface area contributed by atoms with E-state index in [9.17, 15) is 0 Å². The minimum atomic E-state index is 1.17. The topological polar surface area (TPSA) is 9.86 Å². The molecule has 11 rings (SSSR count). The minimum Gasteiger partial charge on any atom is -0.309 e. The lowest BCUT2D eigenvalue weighted by atomic mass is 10.0. The highest BCUT2D eigenvalue weighted by Gasteiger charge is 2.22. The molecule has 0 N–H and O–H groups in total. The van der Waals surface area contributed by atoms with Gasteiger partial charge in [0.15, 0.2) is 0 Å². The van der Waals surface area contributed by atoms with E-state index in [0.29, 0.717) is 0 Å². The number of hydrogen-bond donors (Lipinski definition) is 0. The summed E-state index contributed by atoms with van der Waals surface area (Å²) in [5.74, 6) is 0. The van der Waals surface area contributed by atoms with Crippen molar-refractivity contribution in [2.75, 3.05) is 0 Å². The van der Waals surface area contributed by atoms with Crippen molar-refractivity contribution < 1.29 is 0 Å². The number of benzene rings is 8. The molecule has 0 spiro atoms. The Balaban J connectivity index is 1.20. The standard InChI is InChI=1S/C48H30N2S/c1-3-12-31(13-4-1)33-22-24-35(25-23-33)49-42-21-10-8-19-39(42)45-43(49)28-26-40-46-44(51-48(40)45)29-27-38-37-18-7-9-20-41(37)50(47(38)46)36-17-11-16-34(30-36)32-14-5-2-6-15-32/h1-30H. The maximum atomic E-state index is 2.49. The van der Waals surface area contributed by atoms with Gasteiger partial charge < -0.3 is 9.13 Å². The van der Waals surface area contributed by atoms with Crippen LogP contribution in [0, 0.1) is 0 Å². The van der Waals surface area contributed by atoms with Crippen LogP contribution in [0.15, 0.2) is 182 Å². The molecule has 3 aromatic heterocycles. The molecule has 0 aliphatic carbocycles. The van der Waals surface area contributed by atoms with Crippen molar-refractivity contribution in [2.24, 2.45) is 0 Å². The maximum absolute atomic E-state index is 2.49. The van der Waals surface area contributed by atoms with Gasteiger partial charge in [-0.1, -0.05) is 133 Å². The molecule has 11 aromatic rings. The van der Waals surface area contributed by atoms with Gasteiger partial charge in [0.25, 0.3) is 0 Å². The predicted octanol–water partition coefficient (Wildman–Crippen LogP) is 13.6. The van der Waals surface area contributed by atoms with Crippen molar-refractivity contribution in [1.29, 1.82) is 0 Å². The smallest absolute Gasteiger partial charge is 0.0634 e. The zero-order valence-corrected chi connectivity index (χ0v) is 28.4. The molecule has 0 amide bonds. The monoisotopic (exact) mass is 666 g/mol. The molecule has 0 radical (unpaired) electrons. The minimum absolute atomic E-state index is 1.17. The predicted molar refractivity (Wildman–Crippen MR) is 219 cm³/mol. The highest BCUT2D eigenvalue weighted by molar-refractivity contribution is 7.27. The van der Waals surface area contributed by atoms with Crippen LogP contribution in [-0.2, 0) is 0 Å². The Bertz CT molecular complexity index is 3110. The summed E-state index contributed by atoms with van der Waals surface area (Å²) in [7, 11) is 0. The Morgan fingerprint density at radius 1 is 0.333 bits per heavy atom. The largest absolute Gasteiger partial charge is 0.309 e. The van der Waals surface area contributed by atoms with Crippen molar-refractivity contribution in [2.45, 2.75) is 0 Å². The first-order valence-electron chi connectivity index (χ1n) is 17.4.